The molecule has 116 valence electrons. The van der Waals surface area contributed by atoms with Crippen LogP contribution in [0.3, 0.4) is 0 Å². The minimum absolute atomic E-state index is 0.130. The van der Waals surface area contributed by atoms with Crippen molar-refractivity contribution in [3.8, 4) is 11.5 Å². The quantitative estimate of drug-likeness (QED) is 0.860. The Balaban J connectivity index is 2.02. The highest BCUT2D eigenvalue weighted by Crippen LogP contribution is 2.39. The molecule has 3 rings (SSSR count). The van der Waals surface area contributed by atoms with Gasteiger partial charge in [-0.15, -0.1) is 0 Å². The van der Waals surface area contributed by atoms with Crippen molar-refractivity contribution in [3.63, 3.8) is 0 Å². The largest absolute Gasteiger partial charge is 0.486 e. The molecule has 1 atom stereocenters. The van der Waals surface area contributed by atoms with Gasteiger partial charge in [-0.2, -0.15) is 4.31 Å². The molecule has 0 bridgehead atoms. The van der Waals surface area contributed by atoms with Crippen LogP contribution in [0.5, 0.6) is 11.5 Å². The van der Waals surface area contributed by atoms with E-state index in [-0.39, 0.29) is 10.9 Å². The van der Waals surface area contributed by atoms with E-state index in [1.54, 1.807) is 6.07 Å². The van der Waals surface area contributed by atoms with E-state index in [1.165, 1.54) is 10.4 Å². The van der Waals surface area contributed by atoms with Crippen LogP contribution in [0, 0.1) is 0 Å². The highest BCUT2D eigenvalue weighted by Gasteiger charge is 2.36. The third kappa shape index (κ3) is 2.65. The van der Waals surface area contributed by atoms with Crippen LogP contribution in [0.4, 0.5) is 0 Å². The van der Waals surface area contributed by atoms with Gasteiger partial charge in [-0.05, 0) is 34.8 Å². The summed E-state index contributed by atoms with van der Waals surface area (Å²) in [5.74, 6) is 1.02. The minimum Gasteiger partial charge on any atom is -0.486 e. The molecule has 1 unspecified atom stereocenters. The van der Waals surface area contributed by atoms with Gasteiger partial charge < -0.3 is 15.2 Å². The van der Waals surface area contributed by atoms with Crippen LogP contribution in [0.1, 0.15) is 12.8 Å². The molecular weight excluding hydrogens is 360 g/mol. The lowest BCUT2D eigenvalue weighted by Crippen LogP contribution is -2.40. The molecule has 0 aromatic heterocycles. The summed E-state index contributed by atoms with van der Waals surface area (Å²) in [4.78, 5) is 0.201. The van der Waals surface area contributed by atoms with Crippen molar-refractivity contribution >= 4 is 26.0 Å². The second-order valence-electron chi connectivity index (χ2n) is 5.07. The van der Waals surface area contributed by atoms with Crippen molar-refractivity contribution in [2.45, 2.75) is 23.8 Å². The van der Waals surface area contributed by atoms with Crippen LogP contribution in [0.25, 0.3) is 0 Å². The highest BCUT2D eigenvalue weighted by atomic mass is 79.9. The van der Waals surface area contributed by atoms with Crippen molar-refractivity contribution in [3.05, 3.63) is 16.6 Å². The van der Waals surface area contributed by atoms with Gasteiger partial charge in [0.25, 0.3) is 0 Å². The van der Waals surface area contributed by atoms with Crippen LogP contribution in [0.15, 0.2) is 21.5 Å². The van der Waals surface area contributed by atoms with Gasteiger partial charge in [0, 0.05) is 29.7 Å². The van der Waals surface area contributed by atoms with Gasteiger partial charge >= 0.3 is 0 Å². The summed E-state index contributed by atoms with van der Waals surface area (Å²) in [6.45, 7) is 1.72. The molecule has 1 aromatic rings. The number of benzene rings is 1. The number of hydrogen-bond donors (Lipinski definition) is 1. The molecule has 0 aliphatic carbocycles. The van der Waals surface area contributed by atoms with E-state index < -0.39 is 10.0 Å². The second kappa shape index (κ2) is 5.75. The summed E-state index contributed by atoms with van der Waals surface area (Å²) in [6, 6.07) is 3.05. The van der Waals surface area contributed by atoms with Crippen molar-refractivity contribution in [1.29, 1.82) is 0 Å². The number of nitrogens with two attached hydrogens (primary N) is 1. The third-order valence-electron chi connectivity index (χ3n) is 3.78. The molecule has 1 saturated heterocycles. The summed E-state index contributed by atoms with van der Waals surface area (Å²) in [5, 5.41) is 0. The predicted octanol–water partition coefficient (Wildman–Crippen LogP) is 1.33. The Kier molecular flexibility index (Phi) is 4.13. The van der Waals surface area contributed by atoms with E-state index in [0.717, 1.165) is 12.8 Å². The molecule has 0 amide bonds. The molecule has 0 spiro atoms. The Morgan fingerprint density at radius 2 is 1.95 bits per heavy atom. The highest BCUT2D eigenvalue weighted by molar-refractivity contribution is 9.10. The first-order valence-corrected chi connectivity index (χ1v) is 9.08. The summed E-state index contributed by atoms with van der Waals surface area (Å²) in [7, 11) is -3.59. The van der Waals surface area contributed by atoms with E-state index in [4.69, 9.17) is 15.2 Å². The van der Waals surface area contributed by atoms with E-state index >= 15 is 0 Å². The van der Waals surface area contributed by atoms with E-state index in [9.17, 15) is 8.42 Å². The maximum Gasteiger partial charge on any atom is 0.244 e. The van der Waals surface area contributed by atoms with Crippen LogP contribution in [-0.2, 0) is 10.0 Å². The van der Waals surface area contributed by atoms with Crippen LogP contribution in [0.2, 0.25) is 0 Å². The van der Waals surface area contributed by atoms with Gasteiger partial charge in [0.05, 0.1) is 0 Å². The van der Waals surface area contributed by atoms with Gasteiger partial charge in [0.2, 0.25) is 10.0 Å². The Labute approximate surface area is 132 Å². The second-order valence-corrected chi connectivity index (χ2v) is 7.79. The van der Waals surface area contributed by atoms with Gasteiger partial charge in [-0.3, -0.25) is 0 Å². The lowest BCUT2D eigenvalue weighted by Gasteiger charge is -2.25. The Morgan fingerprint density at radius 1 is 1.29 bits per heavy atom. The first-order valence-electron chi connectivity index (χ1n) is 6.85. The molecule has 0 saturated carbocycles. The first-order chi connectivity index (χ1) is 10.0. The monoisotopic (exact) mass is 376 g/mol. The summed E-state index contributed by atoms with van der Waals surface area (Å²) < 4.78 is 38.6. The molecule has 1 fully saturated rings. The van der Waals surface area contributed by atoms with Gasteiger partial charge in [0.1, 0.15) is 18.1 Å². The standard InChI is InChI=1S/C13H17BrN2O4S/c14-10-6-11-12(20-5-4-19-11)7-13(10)21(17,18)16-3-1-2-9(16)8-15/h6-7,9H,1-5,8,15H2. The number of fused-ring (bicyclic) bond motifs is 1. The fraction of sp³-hybridized carbons (Fsp3) is 0.538. The fourth-order valence-corrected chi connectivity index (χ4v) is 5.43. The minimum atomic E-state index is -3.59. The van der Waals surface area contributed by atoms with Gasteiger partial charge in [-0.25, -0.2) is 8.42 Å². The van der Waals surface area contributed by atoms with Crippen LogP contribution >= 0.6 is 15.9 Å². The maximum absolute atomic E-state index is 12.9. The zero-order chi connectivity index (χ0) is 15.0. The number of nitrogens with zero attached hydrogens (tertiary/aromatic N) is 1. The molecule has 2 aliphatic rings. The number of rotatable bonds is 3. The predicted molar refractivity (Wildman–Crippen MR) is 81.1 cm³/mol. The normalized spacial score (nSPS) is 22.5. The van der Waals surface area contributed by atoms with Crippen molar-refractivity contribution in [1.82, 2.24) is 4.31 Å². The molecule has 8 heteroatoms. The topological polar surface area (TPSA) is 81.9 Å². The number of hydrogen-bond acceptors (Lipinski definition) is 5. The Hall–Kier alpha value is -0.830. The molecule has 1 aromatic carbocycles. The Morgan fingerprint density at radius 3 is 2.62 bits per heavy atom. The SMILES string of the molecule is NCC1CCCN1S(=O)(=O)c1cc2c(cc1Br)OCCO2. The lowest BCUT2D eigenvalue weighted by molar-refractivity contribution is 0.171. The van der Waals surface area contributed by atoms with E-state index in [2.05, 4.69) is 15.9 Å². The molecule has 2 heterocycles. The smallest absolute Gasteiger partial charge is 0.244 e. The summed E-state index contributed by atoms with van der Waals surface area (Å²) >= 11 is 3.33. The van der Waals surface area contributed by atoms with Gasteiger partial charge in [0.15, 0.2) is 11.5 Å². The maximum atomic E-state index is 12.9. The summed E-state index contributed by atoms with van der Waals surface area (Å²) in [5.41, 5.74) is 5.69. The zero-order valence-corrected chi connectivity index (χ0v) is 13.8. The molecule has 21 heavy (non-hydrogen) atoms. The zero-order valence-electron chi connectivity index (χ0n) is 11.4. The average molecular weight is 377 g/mol. The van der Waals surface area contributed by atoms with Crippen molar-refractivity contribution in [2.75, 3.05) is 26.3 Å². The fourth-order valence-electron chi connectivity index (χ4n) is 2.73. The van der Waals surface area contributed by atoms with Crippen molar-refractivity contribution < 1.29 is 17.9 Å². The molecule has 6 nitrogen and oxygen atoms in total. The third-order valence-corrected chi connectivity index (χ3v) is 6.69. The average Bonchev–Trinajstić information content (AvgIpc) is 2.95. The number of halogens is 1. The number of ether oxygens (including phenoxy) is 2. The van der Waals surface area contributed by atoms with Crippen LogP contribution < -0.4 is 15.2 Å². The summed E-state index contributed by atoms with van der Waals surface area (Å²) in [6.07, 6.45) is 1.64. The van der Waals surface area contributed by atoms with Crippen LogP contribution in [-0.4, -0.2) is 45.1 Å². The van der Waals surface area contributed by atoms with Crippen molar-refractivity contribution in [2.24, 2.45) is 5.73 Å². The van der Waals surface area contributed by atoms with Gasteiger partial charge in [-0.1, -0.05) is 0 Å². The molecular formula is C13H17BrN2O4S. The number of sulfonamides is 1. The van der Waals surface area contributed by atoms with E-state index in [1.807, 2.05) is 0 Å². The molecule has 2 aliphatic heterocycles. The Bertz CT molecular complexity index is 650. The van der Waals surface area contributed by atoms with E-state index in [0.29, 0.717) is 42.3 Å². The molecule has 0 radical (unpaired) electrons. The molecule has 2 N–H and O–H groups in total. The first kappa shape index (κ1) is 15.1. The lowest BCUT2D eigenvalue weighted by atomic mass is 10.2.